The second-order valence-electron chi connectivity index (χ2n) is 5.04. The molecule has 5 N–H and O–H groups in total. The number of benzene rings is 1. The first kappa shape index (κ1) is 20.2. The standard InChI is InChI=1S/C15H19Cl2N3O4/c16-9-4-5-11(17)10(7-9)14(22)20-12(15(23)24)3-1-2-6-19-13(21)8-18/h4-5,7,12H,1-3,6,8,18H2,(H,19,21)(H,20,22)(H,23,24)/t12-/m0/s1. The Morgan fingerprint density at radius 1 is 1.21 bits per heavy atom. The van der Waals surface area contributed by atoms with Crippen molar-refractivity contribution in [1.82, 2.24) is 10.6 Å². The third kappa shape index (κ3) is 6.74. The number of hydrogen-bond acceptors (Lipinski definition) is 4. The van der Waals surface area contributed by atoms with E-state index in [1.807, 2.05) is 0 Å². The van der Waals surface area contributed by atoms with Crippen LogP contribution in [0.1, 0.15) is 29.6 Å². The van der Waals surface area contributed by atoms with Crippen LogP contribution in [0.15, 0.2) is 18.2 Å². The van der Waals surface area contributed by atoms with Crippen LogP contribution in [0.2, 0.25) is 10.0 Å². The van der Waals surface area contributed by atoms with E-state index in [9.17, 15) is 19.5 Å². The molecule has 0 bridgehead atoms. The molecule has 9 heteroatoms. The maximum Gasteiger partial charge on any atom is 0.326 e. The van der Waals surface area contributed by atoms with Crippen molar-refractivity contribution in [3.8, 4) is 0 Å². The summed E-state index contributed by atoms with van der Waals surface area (Å²) in [5.41, 5.74) is 5.27. The van der Waals surface area contributed by atoms with Crippen molar-refractivity contribution in [1.29, 1.82) is 0 Å². The first-order valence-electron chi connectivity index (χ1n) is 7.30. The summed E-state index contributed by atoms with van der Waals surface area (Å²) < 4.78 is 0. The Balaban J connectivity index is 2.54. The highest BCUT2D eigenvalue weighted by Gasteiger charge is 2.21. The Hall–Kier alpha value is -1.83. The Morgan fingerprint density at radius 2 is 1.92 bits per heavy atom. The van der Waals surface area contributed by atoms with E-state index in [2.05, 4.69) is 10.6 Å². The van der Waals surface area contributed by atoms with Gasteiger partial charge in [0.15, 0.2) is 0 Å². The summed E-state index contributed by atoms with van der Waals surface area (Å²) in [6.45, 7) is 0.310. The second-order valence-corrected chi connectivity index (χ2v) is 5.88. The zero-order chi connectivity index (χ0) is 18.1. The fraction of sp³-hybridized carbons (Fsp3) is 0.400. The molecular formula is C15H19Cl2N3O4. The lowest BCUT2D eigenvalue weighted by atomic mass is 10.1. The summed E-state index contributed by atoms with van der Waals surface area (Å²) >= 11 is 11.7. The van der Waals surface area contributed by atoms with Gasteiger partial charge in [0.25, 0.3) is 5.91 Å². The number of nitrogens with one attached hydrogen (secondary N) is 2. The van der Waals surface area contributed by atoms with E-state index < -0.39 is 17.9 Å². The highest BCUT2D eigenvalue weighted by Crippen LogP contribution is 2.20. The quantitative estimate of drug-likeness (QED) is 0.486. The van der Waals surface area contributed by atoms with Crippen molar-refractivity contribution >= 4 is 41.0 Å². The predicted octanol–water partition coefficient (Wildman–Crippen LogP) is 1.42. The monoisotopic (exact) mass is 375 g/mol. The van der Waals surface area contributed by atoms with Gasteiger partial charge in [0.1, 0.15) is 6.04 Å². The number of carboxylic acid groups (broad SMARTS) is 1. The highest BCUT2D eigenvalue weighted by atomic mass is 35.5. The fourth-order valence-electron chi connectivity index (χ4n) is 1.94. The molecule has 0 aliphatic carbocycles. The first-order valence-corrected chi connectivity index (χ1v) is 8.06. The van der Waals surface area contributed by atoms with Crippen molar-refractivity contribution in [2.75, 3.05) is 13.1 Å². The van der Waals surface area contributed by atoms with Crippen LogP contribution in [0.25, 0.3) is 0 Å². The molecule has 7 nitrogen and oxygen atoms in total. The van der Waals surface area contributed by atoms with Gasteiger partial charge in [-0.3, -0.25) is 9.59 Å². The molecule has 0 radical (unpaired) electrons. The molecule has 0 aromatic heterocycles. The fourth-order valence-corrected chi connectivity index (χ4v) is 2.31. The van der Waals surface area contributed by atoms with E-state index >= 15 is 0 Å². The molecule has 24 heavy (non-hydrogen) atoms. The van der Waals surface area contributed by atoms with E-state index in [0.29, 0.717) is 24.4 Å². The number of amides is 2. The summed E-state index contributed by atoms with van der Waals surface area (Å²) in [6, 6.07) is 3.32. The molecule has 1 rings (SSSR count). The van der Waals surface area contributed by atoms with Crippen molar-refractivity contribution in [3.63, 3.8) is 0 Å². The molecule has 1 aromatic carbocycles. The minimum Gasteiger partial charge on any atom is -0.480 e. The largest absolute Gasteiger partial charge is 0.480 e. The van der Waals surface area contributed by atoms with Crippen LogP contribution in [0.3, 0.4) is 0 Å². The lowest BCUT2D eigenvalue weighted by Crippen LogP contribution is -2.41. The molecule has 1 atom stereocenters. The minimum absolute atomic E-state index is 0.0891. The summed E-state index contributed by atoms with van der Waals surface area (Å²) in [6.07, 6.45) is 1.30. The normalized spacial score (nSPS) is 11.6. The SMILES string of the molecule is NCC(=O)NCCCC[C@H](NC(=O)c1cc(Cl)ccc1Cl)C(=O)O. The molecular weight excluding hydrogens is 357 g/mol. The van der Waals surface area contributed by atoms with E-state index in [-0.39, 0.29) is 29.5 Å². The molecule has 0 heterocycles. The lowest BCUT2D eigenvalue weighted by Gasteiger charge is -2.15. The van der Waals surface area contributed by atoms with Crippen LogP contribution in [0.4, 0.5) is 0 Å². The lowest BCUT2D eigenvalue weighted by molar-refractivity contribution is -0.139. The molecule has 0 fully saturated rings. The maximum atomic E-state index is 12.2. The van der Waals surface area contributed by atoms with Crippen LogP contribution >= 0.6 is 23.2 Å². The molecule has 0 unspecified atom stereocenters. The minimum atomic E-state index is -1.15. The molecule has 2 amide bonds. The summed E-state index contributed by atoms with van der Waals surface area (Å²) in [5, 5.41) is 14.7. The Labute approximate surface area is 149 Å². The van der Waals surface area contributed by atoms with Gasteiger partial charge in [-0.25, -0.2) is 4.79 Å². The molecule has 0 aliphatic heterocycles. The number of rotatable bonds is 9. The number of halogens is 2. The topological polar surface area (TPSA) is 122 Å². The number of aliphatic carboxylic acids is 1. The van der Waals surface area contributed by atoms with Gasteiger partial charge in [-0.2, -0.15) is 0 Å². The zero-order valence-corrected chi connectivity index (χ0v) is 14.4. The third-order valence-corrected chi connectivity index (χ3v) is 3.77. The van der Waals surface area contributed by atoms with Gasteiger partial charge in [0, 0.05) is 11.6 Å². The molecule has 0 aliphatic rings. The van der Waals surface area contributed by atoms with Crippen LogP contribution in [0, 0.1) is 0 Å². The summed E-state index contributed by atoms with van der Waals surface area (Å²) in [4.78, 5) is 34.4. The van der Waals surface area contributed by atoms with Gasteiger partial charge in [0.05, 0.1) is 17.1 Å². The van der Waals surface area contributed by atoms with Crippen molar-refractivity contribution in [3.05, 3.63) is 33.8 Å². The Morgan fingerprint density at radius 3 is 2.54 bits per heavy atom. The van der Waals surface area contributed by atoms with Gasteiger partial charge in [-0.15, -0.1) is 0 Å². The van der Waals surface area contributed by atoms with Crippen LogP contribution in [0.5, 0.6) is 0 Å². The Kier molecular flexibility index (Phi) is 8.53. The van der Waals surface area contributed by atoms with Crippen molar-refractivity contribution < 1.29 is 19.5 Å². The number of nitrogens with two attached hydrogens (primary N) is 1. The van der Waals surface area contributed by atoms with E-state index in [0.717, 1.165) is 0 Å². The van der Waals surface area contributed by atoms with Crippen LogP contribution in [-0.2, 0) is 9.59 Å². The van der Waals surface area contributed by atoms with Crippen LogP contribution in [-0.4, -0.2) is 42.0 Å². The highest BCUT2D eigenvalue weighted by molar-refractivity contribution is 6.35. The van der Waals surface area contributed by atoms with Gasteiger partial charge < -0.3 is 21.5 Å². The number of carbonyl (C=O) groups is 3. The maximum absolute atomic E-state index is 12.2. The molecule has 1 aromatic rings. The smallest absolute Gasteiger partial charge is 0.326 e. The van der Waals surface area contributed by atoms with E-state index in [1.165, 1.54) is 18.2 Å². The van der Waals surface area contributed by atoms with Crippen molar-refractivity contribution in [2.45, 2.75) is 25.3 Å². The average Bonchev–Trinajstić information content (AvgIpc) is 2.54. The molecule has 0 saturated carbocycles. The Bertz CT molecular complexity index is 610. The van der Waals surface area contributed by atoms with Crippen molar-refractivity contribution in [2.24, 2.45) is 5.73 Å². The van der Waals surface area contributed by atoms with E-state index in [1.54, 1.807) is 0 Å². The number of carboxylic acids is 1. The number of carbonyl (C=O) groups excluding carboxylic acids is 2. The van der Waals surface area contributed by atoms with Crippen LogP contribution < -0.4 is 16.4 Å². The molecule has 0 spiro atoms. The van der Waals surface area contributed by atoms with Gasteiger partial charge >= 0.3 is 5.97 Å². The number of hydrogen-bond donors (Lipinski definition) is 4. The average molecular weight is 376 g/mol. The third-order valence-electron chi connectivity index (χ3n) is 3.20. The summed E-state index contributed by atoms with van der Waals surface area (Å²) in [5.74, 6) is -2.02. The zero-order valence-electron chi connectivity index (χ0n) is 12.9. The predicted molar refractivity (Wildman–Crippen MR) is 91.3 cm³/mol. The summed E-state index contributed by atoms with van der Waals surface area (Å²) in [7, 11) is 0. The van der Waals surface area contributed by atoms with Gasteiger partial charge in [-0.1, -0.05) is 23.2 Å². The number of unbranched alkanes of at least 4 members (excludes halogenated alkanes) is 1. The second kappa shape index (κ2) is 10.1. The molecule has 132 valence electrons. The molecule has 0 saturated heterocycles. The van der Waals surface area contributed by atoms with Gasteiger partial charge in [0.2, 0.25) is 5.91 Å². The van der Waals surface area contributed by atoms with E-state index in [4.69, 9.17) is 28.9 Å². The first-order chi connectivity index (χ1) is 11.3. The van der Waals surface area contributed by atoms with Gasteiger partial charge in [-0.05, 0) is 37.5 Å².